The van der Waals surface area contributed by atoms with E-state index < -0.39 is 0 Å². The van der Waals surface area contributed by atoms with Crippen LogP contribution in [0.2, 0.25) is 0 Å². The van der Waals surface area contributed by atoms with Gasteiger partial charge in [-0.3, -0.25) is 0 Å². The van der Waals surface area contributed by atoms with Crippen LogP contribution >= 0.6 is 31.8 Å². The Hall–Kier alpha value is 0.180. The molecule has 3 heteroatoms. The molecule has 1 aliphatic carbocycles. The molecule has 1 unspecified atom stereocenters. The van der Waals surface area contributed by atoms with Gasteiger partial charge in [-0.1, -0.05) is 45.6 Å². The van der Waals surface area contributed by atoms with Crippen molar-refractivity contribution in [3.63, 3.8) is 0 Å². The molecule has 124 valence electrons. The van der Waals surface area contributed by atoms with Crippen LogP contribution in [0.5, 0.6) is 5.75 Å². The summed E-state index contributed by atoms with van der Waals surface area (Å²) in [4.78, 5) is 0. The van der Waals surface area contributed by atoms with Gasteiger partial charge in [0.2, 0.25) is 0 Å². The summed E-state index contributed by atoms with van der Waals surface area (Å²) < 4.78 is 7.19. The highest BCUT2D eigenvalue weighted by Gasteiger charge is 2.21. The van der Waals surface area contributed by atoms with E-state index in [2.05, 4.69) is 57.8 Å². The fourth-order valence-electron chi connectivity index (χ4n) is 3.38. The number of unbranched alkanes of at least 4 members (excludes halogenated alkanes) is 1. The Bertz CT molecular complexity index is 467. The highest BCUT2D eigenvalue weighted by Crippen LogP contribution is 2.33. The third-order valence-electron chi connectivity index (χ3n) is 5.04. The smallest absolute Gasteiger partial charge is 0.133 e. The first-order valence-corrected chi connectivity index (χ1v) is 10.5. The summed E-state index contributed by atoms with van der Waals surface area (Å²) in [7, 11) is 2.95. The lowest BCUT2D eigenvalue weighted by Gasteiger charge is -2.28. The molecule has 0 spiro atoms. The van der Waals surface area contributed by atoms with Crippen LogP contribution in [0.4, 0.5) is 0 Å². The fraction of sp³-hybridized carbons (Fsp3) is 0.684. The van der Waals surface area contributed by atoms with Crippen LogP contribution in [-0.2, 0) is 6.42 Å². The summed E-state index contributed by atoms with van der Waals surface area (Å²) in [5.41, 5.74) is 1.50. The van der Waals surface area contributed by atoms with Crippen LogP contribution in [0.3, 0.4) is 0 Å². The van der Waals surface area contributed by atoms with Gasteiger partial charge in [0.05, 0.1) is 10.2 Å². The monoisotopic (exact) mass is 432 g/mol. The second kappa shape index (κ2) is 9.47. The maximum atomic E-state index is 5.91. The first-order chi connectivity index (χ1) is 10.7. The van der Waals surface area contributed by atoms with E-state index in [0.29, 0.717) is 0 Å². The second-order valence-electron chi connectivity index (χ2n) is 6.65. The predicted molar refractivity (Wildman–Crippen MR) is 108 cm³/mol. The molecule has 0 amide bonds. The average Bonchev–Trinajstić information content (AvgIpc) is 2.55. The van der Waals surface area contributed by atoms with Crippen molar-refractivity contribution < 1.29 is 4.74 Å². The standard InChI is InChI=1S/C19H30IOP/c1-3-5-12-21-17-11-10-16(19(22)18(17)20)13-15-8-6-14(4-2)7-9-15/h10-11,14-15H,3-9,12-13,22H2,1-2H3. The minimum absolute atomic E-state index is 0.830. The van der Waals surface area contributed by atoms with Gasteiger partial charge in [-0.15, -0.1) is 9.24 Å². The van der Waals surface area contributed by atoms with Gasteiger partial charge >= 0.3 is 0 Å². The predicted octanol–water partition coefficient (Wildman–Crippen LogP) is 5.73. The molecule has 1 aromatic carbocycles. The van der Waals surface area contributed by atoms with Gasteiger partial charge in [0.1, 0.15) is 5.75 Å². The Balaban J connectivity index is 1.96. The molecule has 0 aliphatic heterocycles. The van der Waals surface area contributed by atoms with E-state index in [4.69, 9.17) is 4.74 Å². The van der Waals surface area contributed by atoms with Crippen molar-refractivity contribution in [3.05, 3.63) is 21.3 Å². The molecule has 1 saturated carbocycles. The van der Waals surface area contributed by atoms with Crippen LogP contribution in [0.1, 0.15) is 64.4 Å². The summed E-state index contributed by atoms with van der Waals surface area (Å²) in [5, 5.41) is 1.35. The van der Waals surface area contributed by atoms with Gasteiger partial charge < -0.3 is 4.74 Å². The van der Waals surface area contributed by atoms with Gasteiger partial charge in [-0.05, 0) is 77.0 Å². The molecule has 0 saturated heterocycles. The largest absolute Gasteiger partial charge is 0.492 e. The molecular weight excluding hydrogens is 402 g/mol. The lowest BCUT2D eigenvalue weighted by atomic mass is 9.78. The van der Waals surface area contributed by atoms with E-state index in [0.717, 1.165) is 30.6 Å². The van der Waals surface area contributed by atoms with Gasteiger partial charge in [-0.2, -0.15) is 0 Å². The fourth-order valence-corrected chi connectivity index (χ4v) is 4.42. The van der Waals surface area contributed by atoms with Crippen LogP contribution < -0.4 is 10.0 Å². The first-order valence-electron chi connectivity index (χ1n) is 8.85. The van der Waals surface area contributed by atoms with Crippen molar-refractivity contribution in [1.82, 2.24) is 0 Å². The van der Waals surface area contributed by atoms with E-state index in [-0.39, 0.29) is 0 Å². The van der Waals surface area contributed by atoms with Crippen molar-refractivity contribution in [2.24, 2.45) is 11.8 Å². The number of hydrogen-bond acceptors (Lipinski definition) is 1. The molecular formula is C19H30IOP. The molecule has 2 rings (SSSR count). The van der Waals surface area contributed by atoms with Crippen molar-refractivity contribution in [1.29, 1.82) is 0 Å². The van der Waals surface area contributed by atoms with Crippen LogP contribution in [-0.4, -0.2) is 6.61 Å². The SMILES string of the molecule is CCCCOc1ccc(CC2CCC(CC)CC2)c(P)c1I. The zero-order valence-corrected chi connectivity index (χ0v) is 17.3. The van der Waals surface area contributed by atoms with Crippen LogP contribution in [0.15, 0.2) is 12.1 Å². The zero-order valence-electron chi connectivity index (χ0n) is 14.0. The van der Waals surface area contributed by atoms with Gasteiger partial charge in [0.25, 0.3) is 0 Å². The Kier molecular flexibility index (Phi) is 7.97. The number of halogens is 1. The quantitative estimate of drug-likeness (QED) is 0.304. The van der Waals surface area contributed by atoms with Crippen LogP contribution in [0.25, 0.3) is 0 Å². The van der Waals surface area contributed by atoms with Crippen molar-refractivity contribution in [2.75, 3.05) is 6.61 Å². The molecule has 22 heavy (non-hydrogen) atoms. The Labute approximate surface area is 152 Å². The maximum absolute atomic E-state index is 5.91. The molecule has 1 fully saturated rings. The summed E-state index contributed by atoms with van der Waals surface area (Å²) in [6.07, 6.45) is 10.6. The third-order valence-corrected chi connectivity index (χ3v) is 7.40. The van der Waals surface area contributed by atoms with Crippen molar-refractivity contribution >= 4 is 37.1 Å². The lowest BCUT2D eigenvalue weighted by molar-refractivity contribution is 0.268. The summed E-state index contributed by atoms with van der Waals surface area (Å²) in [6.45, 7) is 5.37. The highest BCUT2D eigenvalue weighted by atomic mass is 127. The lowest BCUT2D eigenvalue weighted by Crippen LogP contribution is -2.19. The molecule has 0 heterocycles. The Morgan fingerprint density at radius 2 is 1.82 bits per heavy atom. The van der Waals surface area contributed by atoms with Gasteiger partial charge in [0, 0.05) is 0 Å². The van der Waals surface area contributed by atoms with E-state index in [1.54, 1.807) is 0 Å². The Morgan fingerprint density at radius 3 is 2.45 bits per heavy atom. The summed E-state index contributed by atoms with van der Waals surface area (Å²) >= 11 is 2.44. The number of benzene rings is 1. The molecule has 0 N–H and O–H groups in total. The number of ether oxygens (including phenoxy) is 1. The molecule has 1 aliphatic rings. The second-order valence-corrected chi connectivity index (χ2v) is 8.31. The normalized spacial score (nSPS) is 21.8. The summed E-state index contributed by atoms with van der Waals surface area (Å²) in [5.74, 6) is 2.92. The molecule has 0 aromatic heterocycles. The van der Waals surface area contributed by atoms with E-state index >= 15 is 0 Å². The van der Waals surface area contributed by atoms with Gasteiger partial charge in [-0.25, -0.2) is 0 Å². The Morgan fingerprint density at radius 1 is 1.14 bits per heavy atom. The maximum Gasteiger partial charge on any atom is 0.133 e. The van der Waals surface area contributed by atoms with E-state index in [9.17, 15) is 0 Å². The number of rotatable bonds is 7. The molecule has 0 radical (unpaired) electrons. The molecule has 1 nitrogen and oxygen atoms in total. The van der Waals surface area contributed by atoms with Crippen molar-refractivity contribution in [2.45, 2.75) is 65.2 Å². The third kappa shape index (κ3) is 5.09. The molecule has 1 aromatic rings. The van der Waals surface area contributed by atoms with E-state index in [1.165, 1.54) is 59.4 Å². The first kappa shape index (κ1) is 18.5. The topological polar surface area (TPSA) is 9.23 Å². The zero-order chi connectivity index (χ0) is 15.9. The van der Waals surface area contributed by atoms with Crippen molar-refractivity contribution in [3.8, 4) is 5.75 Å². The summed E-state index contributed by atoms with van der Waals surface area (Å²) in [6, 6.07) is 4.47. The van der Waals surface area contributed by atoms with Gasteiger partial charge in [0.15, 0.2) is 0 Å². The highest BCUT2D eigenvalue weighted by molar-refractivity contribution is 14.1. The molecule has 0 bridgehead atoms. The molecule has 1 atom stereocenters. The minimum atomic E-state index is 0.830. The minimum Gasteiger partial charge on any atom is -0.492 e. The van der Waals surface area contributed by atoms with Crippen LogP contribution in [0, 0.1) is 15.4 Å². The number of hydrogen-bond donors (Lipinski definition) is 0. The van der Waals surface area contributed by atoms with E-state index in [1.807, 2.05) is 0 Å². The average molecular weight is 432 g/mol.